The number of thioether (sulfide) groups is 1. The molecule has 0 atom stereocenters. The molecule has 0 aliphatic heterocycles. The molecule has 0 aliphatic carbocycles. The second kappa shape index (κ2) is 12.3. The van der Waals surface area contributed by atoms with Crippen molar-refractivity contribution in [3.63, 3.8) is 0 Å². The Bertz CT molecular complexity index is 1380. The second-order valence-electron chi connectivity index (χ2n) is 7.57. The summed E-state index contributed by atoms with van der Waals surface area (Å²) in [7, 11) is 1.61. The third-order valence-electron chi connectivity index (χ3n) is 5.11. The van der Waals surface area contributed by atoms with Crippen molar-refractivity contribution in [3.05, 3.63) is 68.9 Å². The minimum absolute atomic E-state index is 0.190. The number of rotatable bonds is 11. The zero-order chi connectivity index (χ0) is 25.7. The van der Waals surface area contributed by atoms with Gasteiger partial charge in [0.2, 0.25) is 5.95 Å². The molecule has 36 heavy (non-hydrogen) atoms. The number of benzene rings is 2. The highest BCUT2D eigenvalue weighted by atomic mass is 35.5. The predicted octanol–water partition coefficient (Wildman–Crippen LogP) is 6.27. The van der Waals surface area contributed by atoms with E-state index in [1.54, 1.807) is 38.1 Å². The second-order valence-corrected chi connectivity index (χ2v) is 9.81. The third-order valence-corrected chi connectivity index (χ3v) is 7.40. The lowest BCUT2D eigenvalue weighted by molar-refractivity contribution is 0.0356. The Morgan fingerprint density at radius 1 is 1.08 bits per heavy atom. The first-order chi connectivity index (χ1) is 17.4. The molecule has 2 aromatic carbocycles. The van der Waals surface area contributed by atoms with Crippen LogP contribution < -0.4 is 0 Å². The topological polar surface area (TPSA) is 80.4 Å². The van der Waals surface area contributed by atoms with Gasteiger partial charge in [-0.15, -0.1) is 11.8 Å². The lowest BCUT2D eigenvalue weighted by Gasteiger charge is -2.10. The van der Waals surface area contributed by atoms with E-state index in [4.69, 9.17) is 54.0 Å². The van der Waals surface area contributed by atoms with Crippen LogP contribution in [0.3, 0.4) is 0 Å². The quantitative estimate of drug-likeness (QED) is 0.120. The number of methoxy groups -OCH3 is 1. The van der Waals surface area contributed by atoms with E-state index < -0.39 is 5.97 Å². The first kappa shape index (κ1) is 26.8. The van der Waals surface area contributed by atoms with Crippen LogP contribution in [0.15, 0.2) is 47.6 Å². The van der Waals surface area contributed by atoms with Gasteiger partial charge in [-0.3, -0.25) is 4.57 Å². The first-order valence-corrected chi connectivity index (χ1v) is 13.1. The van der Waals surface area contributed by atoms with Gasteiger partial charge in [0.15, 0.2) is 0 Å². The normalized spacial score (nSPS) is 11.4. The molecule has 4 rings (SSSR count). The van der Waals surface area contributed by atoms with Crippen LogP contribution in [0.5, 0.6) is 0 Å². The molecular weight excluding hydrogens is 547 g/mol. The molecule has 0 spiro atoms. The Morgan fingerprint density at radius 2 is 1.92 bits per heavy atom. The SMILES string of the molecule is CCOC(=O)c1cnn(-c2nc3cc(SCc4ccc(Cl)c(Cl)c4)c(Cl)cc3n2COCCOC)c1. The molecule has 0 N–H and O–H groups in total. The summed E-state index contributed by atoms with van der Waals surface area (Å²) in [5, 5.41) is 5.91. The smallest absolute Gasteiger partial charge is 0.341 e. The molecule has 0 fully saturated rings. The fourth-order valence-corrected chi connectivity index (χ4v) is 4.90. The van der Waals surface area contributed by atoms with E-state index in [2.05, 4.69) is 5.10 Å². The molecule has 0 saturated heterocycles. The van der Waals surface area contributed by atoms with Gasteiger partial charge in [-0.1, -0.05) is 40.9 Å². The average Bonchev–Trinajstić information content (AvgIpc) is 3.48. The summed E-state index contributed by atoms with van der Waals surface area (Å²) in [5.74, 6) is 0.671. The largest absolute Gasteiger partial charge is 0.462 e. The van der Waals surface area contributed by atoms with Gasteiger partial charge in [0.1, 0.15) is 6.73 Å². The van der Waals surface area contributed by atoms with Crippen LogP contribution in [0.1, 0.15) is 22.8 Å². The molecule has 0 saturated carbocycles. The minimum atomic E-state index is -0.452. The van der Waals surface area contributed by atoms with Gasteiger partial charge in [-0.25, -0.2) is 14.5 Å². The van der Waals surface area contributed by atoms with Crippen LogP contribution in [0.25, 0.3) is 17.0 Å². The van der Waals surface area contributed by atoms with E-state index in [0.29, 0.717) is 51.1 Å². The van der Waals surface area contributed by atoms with Crippen LogP contribution >= 0.6 is 46.6 Å². The van der Waals surface area contributed by atoms with Crippen molar-refractivity contribution < 1.29 is 19.0 Å². The summed E-state index contributed by atoms with van der Waals surface area (Å²) in [5.41, 5.74) is 2.81. The summed E-state index contributed by atoms with van der Waals surface area (Å²) in [4.78, 5) is 17.8. The molecule has 0 amide bonds. The summed E-state index contributed by atoms with van der Waals surface area (Å²) in [6.45, 7) is 3.06. The monoisotopic (exact) mass is 568 g/mol. The number of imidazole rings is 1. The van der Waals surface area contributed by atoms with E-state index in [-0.39, 0.29) is 13.3 Å². The van der Waals surface area contributed by atoms with E-state index in [0.717, 1.165) is 16.0 Å². The Kier molecular flexibility index (Phi) is 9.16. The number of hydrogen-bond acceptors (Lipinski definition) is 7. The van der Waals surface area contributed by atoms with Crippen LogP contribution in [-0.4, -0.2) is 52.2 Å². The zero-order valence-corrected chi connectivity index (χ0v) is 22.6. The fourth-order valence-electron chi connectivity index (χ4n) is 3.37. The number of esters is 1. The standard InChI is InChI=1S/C24H23Cl3N4O4S/c1-3-35-23(32)16-11-28-31(12-16)24-29-20-10-22(36-13-15-4-5-17(25)18(26)8-15)19(27)9-21(20)30(24)14-34-7-6-33-2/h4-5,8-12H,3,6-7,13-14H2,1-2H3. The van der Waals surface area contributed by atoms with Gasteiger partial charge >= 0.3 is 5.97 Å². The highest BCUT2D eigenvalue weighted by Gasteiger charge is 2.18. The molecule has 0 radical (unpaired) electrons. The number of ether oxygens (including phenoxy) is 3. The zero-order valence-electron chi connectivity index (χ0n) is 19.5. The van der Waals surface area contributed by atoms with Crippen LogP contribution in [0, 0.1) is 0 Å². The van der Waals surface area contributed by atoms with Gasteiger partial charge in [0.05, 0.1) is 57.7 Å². The van der Waals surface area contributed by atoms with E-state index >= 15 is 0 Å². The third kappa shape index (κ3) is 6.16. The highest BCUT2D eigenvalue weighted by molar-refractivity contribution is 7.98. The molecular formula is C24H23Cl3N4O4S. The van der Waals surface area contributed by atoms with Gasteiger partial charge in [-0.2, -0.15) is 5.10 Å². The Labute approximate surface area is 227 Å². The number of nitrogens with zero attached hydrogens (tertiary/aromatic N) is 4. The van der Waals surface area contributed by atoms with Gasteiger partial charge in [0.25, 0.3) is 0 Å². The summed E-state index contributed by atoms with van der Waals surface area (Å²) >= 11 is 20.4. The van der Waals surface area contributed by atoms with Crippen LogP contribution in [-0.2, 0) is 26.7 Å². The van der Waals surface area contributed by atoms with Crippen molar-refractivity contribution in [3.8, 4) is 5.95 Å². The van der Waals surface area contributed by atoms with Crippen molar-refractivity contribution in [2.24, 2.45) is 0 Å². The maximum absolute atomic E-state index is 12.1. The average molecular weight is 570 g/mol. The number of halogens is 3. The number of aromatic nitrogens is 4. The maximum atomic E-state index is 12.1. The van der Waals surface area contributed by atoms with E-state index in [1.165, 1.54) is 10.9 Å². The Hall–Kier alpha value is -2.27. The summed E-state index contributed by atoms with van der Waals surface area (Å²) < 4.78 is 19.3. The fraction of sp³-hybridized carbons (Fsp3) is 0.292. The van der Waals surface area contributed by atoms with E-state index in [9.17, 15) is 4.79 Å². The molecule has 12 heteroatoms. The highest BCUT2D eigenvalue weighted by Crippen LogP contribution is 2.35. The molecule has 2 heterocycles. The number of carbonyl (C=O) groups is 1. The number of carbonyl (C=O) groups excluding carboxylic acids is 1. The van der Waals surface area contributed by atoms with Gasteiger partial charge in [-0.05, 0) is 36.8 Å². The predicted molar refractivity (Wildman–Crippen MR) is 142 cm³/mol. The molecule has 0 aliphatic rings. The lowest BCUT2D eigenvalue weighted by Crippen LogP contribution is -2.12. The maximum Gasteiger partial charge on any atom is 0.341 e. The first-order valence-electron chi connectivity index (χ1n) is 11.0. The summed E-state index contributed by atoms with van der Waals surface area (Å²) in [6, 6.07) is 9.31. The molecule has 190 valence electrons. The van der Waals surface area contributed by atoms with Crippen molar-refractivity contribution in [2.75, 3.05) is 26.9 Å². The van der Waals surface area contributed by atoms with Crippen LogP contribution in [0.4, 0.5) is 0 Å². The van der Waals surface area contributed by atoms with Crippen LogP contribution in [0.2, 0.25) is 15.1 Å². The van der Waals surface area contributed by atoms with Gasteiger partial charge in [0, 0.05) is 24.0 Å². The molecule has 4 aromatic rings. The Morgan fingerprint density at radius 3 is 2.67 bits per heavy atom. The summed E-state index contributed by atoms with van der Waals surface area (Å²) in [6.07, 6.45) is 3.02. The van der Waals surface area contributed by atoms with Crippen molar-refractivity contribution >= 4 is 63.6 Å². The minimum Gasteiger partial charge on any atom is -0.462 e. The molecule has 0 unspecified atom stereocenters. The number of hydrogen-bond donors (Lipinski definition) is 0. The lowest BCUT2D eigenvalue weighted by atomic mass is 10.2. The van der Waals surface area contributed by atoms with E-state index in [1.807, 2.05) is 28.8 Å². The number of fused-ring (bicyclic) bond motifs is 1. The van der Waals surface area contributed by atoms with Crippen molar-refractivity contribution in [2.45, 2.75) is 24.3 Å². The molecule has 8 nitrogen and oxygen atoms in total. The molecule has 2 aromatic heterocycles. The van der Waals surface area contributed by atoms with Crippen molar-refractivity contribution in [1.29, 1.82) is 0 Å². The van der Waals surface area contributed by atoms with Crippen molar-refractivity contribution in [1.82, 2.24) is 19.3 Å². The van der Waals surface area contributed by atoms with Gasteiger partial charge < -0.3 is 14.2 Å². The molecule has 0 bridgehead atoms. The Balaban J connectivity index is 1.66.